The highest BCUT2D eigenvalue weighted by atomic mass is 16.2. The largest absolute Gasteiger partial charge is 0.309 e. The minimum Gasteiger partial charge on any atom is -0.309 e. The highest BCUT2D eigenvalue weighted by molar-refractivity contribution is 5.99. The highest BCUT2D eigenvalue weighted by Crippen LogP contribution is 2.43. The molecule has 0 aliphatic carbocycles. The monoisotopic (exact) mass is 406 g/mol. The smallest absolute Gasteiger partial charge is 0.230 e. The number of benzene rings is 2. The Balaban J connectivity index is 2.11. The van der Waals surface area contributed by atoms with Crippen molar-refractivity contribution in [1.29, 1.82) is 0 Å². The van der Waals surface area contributed by atoms with E-state index in [4.69, 9.17) is 0 Å². The fourth-order valence-electron chi connectivity index (χ4n) is 4.24. The molecule has 4 heteroatoms. The first-order valence-corrected chi connectivity index (χ1v) is 11.2. The van der Waals surface area contributed by atoms with Gasteiger partial charge in [-0.2, -0.15) is 0 Å². The second-order valence-corrected chi connectivity index (χ2v) is 8.53. The van der Waals surface area contributed by atoms with E-state index in [1.54, 1.807) is 0 Å². The molecule has 4 atom stereocenters. The zero-order valence-electron chi connectivity index (χ0n) is 18.8. The lowest BCUT2D eigenvalue weighted by atomic mass is 9.88. The maximum atomic E-state index is 13.5. The molecule has 0 radical (unpaired) electrons. The van der Waals surface area contributed by atoms with Crippen LogP contribution >= 0.6 is 0 Å². The van der Waals surface area contributed by atoms with Gasteiger partial charge in [0, 0.05) is 29.3 Å². The number of nitrogens with zero attached hydrogens (tertiary/aromatic N) is 2. The Morgan fingerprint density at radius 3 is 2.20 bits per heavy atom. The van der Waals surface area contributed by atoms with E-state index in [0.29, 0.717) is 0 Å². The number of carbonyl (C=O) groups excluding carboxylic acids is 2. The number of hydrogen-bond acceptors (Lipinski definition) is 2. The van der Waals surface area contributed by atoms with Gasteiger partial charge in [0.05, 0.1) is 6.04 Å². The third-order valence-electron chi connectivity index (χ3n) is 6.45. The van der Waals surface area contributed by atoms with Crippen LogP contribution in [-0.4, -0.2) is 17.9 Å². The van der Waals surface area contributed by atoms with Crippen molar-refractivity contribution < 1.29 is 9.59 Å². The standard InChI is InChI=1S/C26H34N2O2/c1-6-18(3)25(29)27-20(5)17-24(22-15-11-12-16-23(22)27)28(26(30)19(4)7-2)21-13-9-8-10-14-21/h8-16,18-20,24H,6-7,17H2,1-5H3/t18-,19-,20+,24+/m1/s1. The number of fused-ring (bicyclic) bond motifs is 1. The molecule has 0 saturated carbocycles. The number of para-hydroxylation sites is 2. The second kappa shape index (κ2) is 9.46. The van der Waals surface area contributed by atoms with Crippen molar-refractivity contribution in [2.75, 3.05) is 9.80 Å². The molecule has 2 aromatic rings. The summed E-state index contributed by atoms with van der Waals surface area (Å²) >= 11 is 0. The van der Waals surface area contributed by atoms with E-state index in [0.717, 1.165) is 36.2 Å². The van der Waals surface area contributed by atoms with E-state index in [2.05, 4.69) is 19.9 Å². The minimum absolute atomic E-state index is 0.0161. The Morgan fingerprint density at radius 2 is 1.57 bits per heavy atom. The topological polar surface area (TPSA) is 40.6 Å². The summed E-state index contributed by atoms with van der Waals surface area (Å²) in [6.07, 6.45) is 2.33. The first kappa shape index (κ1) is 22.1. The van der Waals surface area contributed by atoms with Crippen LogP contribution in [-0.2, 0) is 9.59 Å². The molecule has 1 aliphatic heterocycles. The fraction of sp³-hybridized carbons (Fsp3) is 0.462. The van der Waals surface area contributed by atoms with Gasteiger partial charge in [0.1, 0.15) is 0 Å². The van der Waals surface area contributed by atoms with Crippen molar-refractivity contribution in [1.82, 2.24) is 0 Å². The van der Waals surface area contributed by atoms with Gasteiger partial charge < -0.3 is 9.80 Å². The molecular weight excluding hydrogens is 372 g/mol. The van der Waals surface area contributed by atoms with E-state index in [1.807, 2.05) is 79.1 Å². The normalized spacial score (nSPS) is 20.2. The van der Waals surface area contributed by atoms with Gasteiger partial charge in [-0.3, -0.25) is 9.59 Å². The lowest BCUT2D eigenvalue weighted by Gasteiger charge is -2.44. The van der Waals surface area contributed by atoms with Crippen LogP contribution in [0.3, 0.4) is 0 Å². The summed E-state index contributed by atoms with van der Waals surface area (Å²) in [4.78, 5) is 30.6. The van der Waals surface area contributed by atoms with Gasteiger partial charge >= 0.3 is 0 Å². The lowest BCUT2D eigenvalue weighted by molar-refractivity contribution is -0.122. The maximum Gasteiger partial charge on any atom is 0.230 e. The van der Waals surface area contributed by atoms with Crippen LogP contribution < -0.4 is 9.80 Å². The number of rotatable bonds is 6. The van der Waals surface area contributed by atoms with Gasteiger partial charge in [0.15, 0.2) is 0 Å². The van der Waals surface area contributed by atoms with Crippen molar-refractivity contribution in [2.24, 2.45) is 11.8 Å². The van der Waals surface area contributed by atoms with Gasteiger partial charge in [0.25, 0.3) is 0 Å². The van der Waals surface area contributed by atoms with E-state index in [1.165, 1.54) is 0 Å². The summed E-state index contributed by atoms with van der Waals surface area (Å²) in [5.74, 6) is 0.212. The molecule has 0 bridgehead atoms. The molecule has 3 rings (SSSR count). The Hall–Kier alpha value is -2.62. The quantitative estimate of drug-likeness (QED) is 0.592. The molecule has 0 spiro atoms. The summed E-state index contributed by atoms with van der Waals surface area (Å²) < 4.78 is 0. The summed E-state index contributed by atoms with van der Waals surface area (Å²) in [7, 11) is 0. The fourth-order valence-corrected chi connectivity index (χ4v) is 4.24. The first-order chi connectivity index (χ1) is 14.4. The molecule has 0 aromatic heterocycles. The van der Waals surface area contributed by atoms with Gasteiger partial charge in [-0.1, -0.05) is 64.1 Å². The molecule has 30 heavy (non-hydrogen) atoms. The number of carbonyl (C=O) groups is 2. The van der Waals surface area contributed by atoms with Gasteiger partial charge in [0.2, 0.25) is 11.8 Å². The minimum atomic E-state index is -0.0962. The Kier molecular flexibility index (Phi) is 6.96. The summed E-state index contributed by atoms with van der Waals surface area (Å²) in [5.41, 5.74) is 2.90. The van der Waals surface area contributed by atoms with Crippen LogP contribution in [0, 0.1) is 11.8 Å². The van der Waals surface area contributed by atoms with Gasteiger partial charge in [-0.25, -0.2) is 0 Å². The molecule has 2 amide bonds. The average Bonchev–Trinajstić information content (AvgIpc) is 2.78. The van der Waals surface area contributed by atoms with Crippen LogP contribution in [0.1, 0.15) is 65.5 Å². The molecule has 0 unspecified atom stereocenters. The third-order valence-corrected chi connectivity index (χ3v) is 6.45. The Morgan fingerprint density at radius 1 is 0.967 bits per heavy atom. The SMILES string of the molecule is CC[C@@H](C)C(=O)N1c2ccccc2[C@@H](N(C(=O)[C@H](C)CC)c2ccccc2)C[C@@H]1C. The molecule has 1 heterocycles. The maximum absolute atomic E-state index is 13.5. The van der Waals surface area contributed by atoms with Gasteiger partial charge in [-0.05, 0) is 49.9 Å². The molecule has 0 saturated heterocycles. The zero-order valence-corrected chi connectivity index (χ0v) is 18.8. The van der Waals surface area contributed by atoms with Crippen LogP contribution in [0.15, 0.2) is 54.6 Å². The van der Waals surface area contributed by atoms with E-state index in [9.17, 15) is 9.59 Å². The van der Waals surface area contributed by atoms with Crippen molar-refractivity contribution in [3.63, 3.8) is 0 Å². The third kappa shape index (κ3) is 4.14. The Labute approximate surface area is 180 Å². The Bertz CT molecular complexity index is 880. The number of amides is 2. The van der Waals surface area contributed by atoms with E-state index in [-0.39, 0.29) is 35.7 Å². The first-order valence-electron chi connectivity index (χ1n) is 11.2. The number of hydrogen-bond donors (Lipinski definition) is 0. The summed E-state index contributed by atoms with van der Waals surface area (Å²) in [6, 6.07) is 17.9. The number of anilines is 2. The second-order valence-electron chi connectivity index (χ2n) is 8.53. The molecule has 2 aromatic carbocycles. The molecular formula is C26H34N2O2. The van der Waals surface area contributed by atoms with Crippen LogP contribution in [0.2, 0.25) is 0 Å². The summed E-state index contributed by atoms with van der Waals surface area (Å²) in [6.45, 7) is 10.2. The highest BCUT2D eigenvalue weighted by Gasteiger charge is 2.39. The van der Waals surface area contributed by atoms with Crippen molar-refractivity contribution in [2.45, 2.75) is 66.0 Å². The lowest BCUT2D eigenvalue weighted by Crippen LogP contribution is -2.49. The summed E-state index contributed by atoms with van der Waals surface area (Å²) in [5, 5.41) is 0. The molecule has 160 valence electrons. The van der Waals surface area contributed by atoms with E-state index >= 15 is 0 Å². The predicted octanol–water partition coefficient (Wildman–Crippen LogP) is 5.98. The predicted molar refractivity (Wildman–Crippen MR) is 124 cm³/mol. The van der Waals surface area contributed by atoms with E-state index < -0.39 is 0 Å². The van der Waals surface area contributed by atoms with Crippen molar-refractivity contribution in [3.05, 3.63) is 60.2 Å². The van der Waals surface area contributed by atoms with Crippen molar-refractivity contribution >= 4 is 23.2 Å². The molecule has 4 nitrogen and oxygen atoms in total. The van der Waals surface area contributed by atoms with Crippen LogP contribution in [0.4, 0.5) is 11.4 Å². The molecule has 0 fully saturated rings. The van der Waals surface area contributed by atoms with Crippen molar-refractivity contribution in [3.8, 4) is 0 Å². The molecule has 1 aliphatic rings. The van der Waals surface area contributed by atoms with Gasteiger partial charge in [-0.15, -0.1) is 0 Å². The van der Waals surface area contributed by atoms with Crippen LogP contribution in [0.5, 0.6) is 0 Å². The average molecular weight is 407 g/mol. The zero-order chi connectivity index (χ0) is 21.8. The molecule has 0 N–H and O–H groups in total. The van der Waals surface area contributed by atoms with Crippen LogP contribution in [0.25, 0.3) is 0 Å².